The second kappa shape index (κ2) is 6.26. The van der Waals surface area contributed by atoms with Gasteiger partial charge in [-0.05, 0) is 48.9 Å². The smallest absolute Gasteiger partial charge is 0.251 e. The Morgan fingerprint density at radius 3 is 2.71 bits per heavy atom. The van der Waals surface area contributed by atoms with E-state index in [4.69, 9.17) is 10.5 Å². The predicted octanol–water partition coefficient (Wildman–Crippen LogP) is 2.65. The summed E-state index contributed by atoms with van der Waals surface area (Å²) in [5.74, 6) is 0.0267. The molecule has 0 aliphatic carbocycles. The van der Waals surface area contributed by atoms with Gasteiger partial charge in [0, 0.05) is 23.4 Å². The first-order chi connectivity index (χ1) is 10.0. The number of hydrogen-bond acceptors (Lipinski definition) is 3. The number of nitrogen functional groups attached to an aromatic ring is 1. The number of rotatable bonds is 4. The molecular weight excluding hydrogens is 271 g/mol. The van der Waals surface area contributed by atoms with Crippen LogP contribution in [-0.4, -0.2) is 13.0 Å². The summed E-state index contributed by atoms with van der Waals surface area (Å²) in [5, 5.41) is 2.78. The minimum atomic E-state index is -0.360. The molecule has 0 radical (unpaired) electrons. The highest BCUT2D eigenvalue weighted by Crippen LogP contribution is 2.21. The van der Waals surface area contributed by atoms with E-state index in [1.54, 1.807) is 32.2 Å². The summed E-state index contributed by atoms with van der Waals surface area (Å²) in [7, 11) is 1.56. The van der Waals surface area contributed by atoms with E-state index in [2.05, 4.69) is 5.32 Å². The number of benzene rings is 2. The van der Waals surface area contributed by atoms with Crippen LogP contribution in [0, 0.1) is 12.7 Å². The molecule has 2 aromatic carbocycles. The molecule has 0 aliphatic heterocycles. The highest BCUT2D eigenvalue weighted by Gasteiger charge is 2.11. The topological polar surface area (TPSA) is 64.3 Å². The van der Waals surface area contributed by atoms with Crippen molar-refractivity contribution in [1.82, 2.24) is 5.32 Å². The second-order valence-corrected chi connectivity index (χ2v) is 4.71. The van der Waals surface area contributed by atoms with Gasteiger partial charge in [0.15, 0.2) is 0 Å². The van der Waals surface area contributed by atoms with E-state index in [9.17, 15) is 9.18 Å². The third kappa shape index (κ3) is 3.51. The number of carbonyl (C=O) groups excluding carboxylic acids is 1. The van der Waals surface area contributed by atoms with Crippen LogP contribution in [0.2, 0.25) is 0 Å². The number of amides is 1. The first kappa shape index (κ1) is 14.8. The zero-order chi connectivity index (χ0) is 15.4. The van der Waals surface area contributed by atoms with Crippen LogP contribution < -0.4 is 15.8 Å². The molecule has 5 heteroatoms. The molecule has 21 heavy (non-hydrogen) atoms. The Morgan fingerprint density at radius 2 is 2.05 bits per heavy atom. The molecule has 0 heterocycles. The third-order valence-corrected chi connectivity index (χ3v) is 3.18. The predicted molar refractivity (Wildman–Crippen MR) is 79.7 cm³/mol. The van der Waals surface area contributed by atoms with Crippen molar-refractivity contribution >= 4 is 11.6 Å². The maximum atomic E-state index is 13.0. The van der Waals surface area contributed by atoms with Crippen LogP contribution >= 0.6 is 0 Å². The minimum absolute atomic E-state index is 0.267. The number of methoxy groups -OCH3 is 1. The quantitative estimate of drug-likeness (QED) is 0.850. The summed E-state index contributed by atoms with van der Waals surface area (Å²) in [6.45, 7) is 1.98. The van der Waals surface area contributed by atoms with Crippen molar-refractivity contribution < 1.29 is 13.9 Å². The summed E-state index contributed by atoms with van der Waals surface area (Å²) in [5.41, 5.74) is 8.14. The summed E-state index contributed by atoms with van der Waals surface area (Å²) >= 11 is 0. The average Bonchev–Trinajstić information content (AvgIpc) is 2.45. The molecule has 2 aromatic rings. The molecular formula is C16H17FN2O2. The molecule has 0 saturated heterocycles. The number of nitrogens with one attached hydrogen (secondary N) is 1. The van der Waals surface area contributed by atoms with Crippen LogP contribution in [-0.2, 0) is 6.54 Å². The Kier molecular flexibility index (Phi) is 4.42. The number of halogens is 1. The Balaban J connectivity index is 2.12. The van der Waals surface area contributed by atoms with E-state index in [1.165, 1.54) is 18.2 Å². The Labute approximate surface area is 122 Å². The maximum absolute atomic E-state index is 13.0. The van der Waals surface area contributed by atoms with Crippen molar-refractivity contribution in [3.8, 4) is 5.75 Å². The minimum Gasteiger partial charge on any atom is -0.496 e. The van der Waals surface area contributed by atoms with Gasteiger partial charge < -0.3 is 15.8 Å². The van der Waals surface area contributed by atoms with Crippen LogP contribution in [0.15, 0.2) is 36.4 Å². The Bertz CT molecular complexity index is 671. The fourth-order valence-electron chi connectivity index (χ4n) is 2.09. The van der Waals surface area contributed by atoms with Gasteiger partial charge in [-0.15, -0.1) is 0 Å². The van der Waals surface area contributed by atoms with Crippen molar-refractivity contribution in [2.75, 3.05) is 12.8 Å². The highest BCUT2D eigenvalue weighted by atomic mass is 19.1. The zero-order valence-electron chi connectivity index (χ0n) is 11.9. The number of hydrogen-bond donors (Lipinski definition) is 2. The van der Waals surface area contributed by atoms with Gasteiger partial charge in [0.1, 0.15) is 11.6 Å². The van der Waals surface area contributed by atoms with Crippen LogP contribution in [0.4, 0.5) is 10.1 Å². The van der Waals surface area contributed by atoms with Gasteiger partial charge in [-0.25, -0.2) is 4.39 Å². The summed E-state index contributed by atoms with van der Waals surface area (Å²) in [6, 6.07) is 9.29. The van der Waals surface area contributed by atoms with Gasteiger partial charge in [-0.1, -0.05) is 0 Å². The number of ether oxygens (including phenoxy) is 1. The molecule has 0 aromatic heterocycles. The van der Waals surface area contributed by atoms with Gasteiger partial charge >= 0.3 is 0 Å². The number of aryl methyl sites for hydroxylation is 1. The van der Waals surface area contributed by atoms with Gasteiger partial charge in [-0.2, -0.15) is 0 Å². The van der Waals surface area contributed by atoms with Crippen LogP contribution in [0.1, 0.15) is 21.5 Å². The van der Waals surface area contributed by atoms with E-state index >= 15 is 0 Å². The summed E-state index contributed by atoms with van der Waals surface area (Å²) in [4.78, 5) is 12.1. The van der Waals surface area contributed by atoms with Gasteiger partial charge in [-0.3, -0.25) is 4.79 Å². The molecule has 0 bridgehead atoms. The lowest BCUT2D eigenvalue weighted by molar-refractivity contribution is 0.0950. The van der Waals surface area contributed by atoms with Crippen molar-refractivity contribution in [2.45, 2.75) is 13.5 Å². The summed E-state index contributed by atoms with van der Waals surface area (Å²) < 4.78 is 18.3. The van der Waals surface area contributed by atoms with Crippen LogP contribution in [0.3, 0.4) is 0 Å². The highest BCUT2D eigenvalue weighted by molar-refractivity contribution is 5.95. The summed E-state index contributed by atoms with van der Waals surface area (Å²) in [6.07, 6.45) is 0. The monoisotopic (exact) mass is 288 g/mol. The normalized spacial score (nSPS) is 10.2. The van der Waals surface area contributed by atoms with Crippen molar-refractivity contribution in [3.05, 3.63) is 58.9 Å². The van der Waals surface area contributed by atoms with E-state index < -0.39 is 0 Å². The fourth-order valence-corrected chi connectivity index (χ4v) is 2.09. The molecule has 110 valence electrons. The molecule has 0 atom stereocenters. The molecule has 3 N–H and O–H groups in total. The van der Waals surface area contributed by atoms with E-state index in [0.717, 1.165) is 5.56 Å². The van der Waals surface area contributed by atoms with Crippen molar-refractivity contribution in [2.24, 2.45) is 0 Å². The fraction of sp³-hybridized carbons (Fsp3) is 0.188. The van der Waals surface area contributed by atoms with Gasteiger partial charge in [0.25, 0.3) is 5.91 Å². The van der Waals surface area contributed by atoms with Gasteiger partial charge in [0.05, 0.1) is 7.11 Å². The molecule has 2 rings (SSSR count). The SMILES string of the molecule is COc1ccc(N)cc1CNC(=O)c1ccc(F)cc1C. The van der Waals surface area contributed by atoms with Gasteiger partial charge in [0.2, 0.25) is 0 Å². The van der Waals surface area contributed by atoms with Crippen LogP contribution in [0.5, 0.6) is 5.75 Å². The maximum Gasteiger partial charge on any atom is 0.251 e. The Hall–Kier alpha value is -2.56. The second-order valence-electron chi connectivity index (χ2n) is 4.71. The molecule has 0 aliphatic rings. The zero-order valence-corrected chi connectivity index (χ0v) is 11.9. The molecule has 4 nitrogen and oxygen atoms in total. The first-order valence-corrected chi connectivity index (χ1v) is 6.48. The van der Waals surface area contributed by atoms with E-state index in [1.807, 2.05) is 0 Å². The van der Waals surface area contributed by atoms with E-state index in [-0.39, 0.29) is 18.3 Å². The molecule has 0 saturated carbocycles. The molecule has 0 unspecified atom stereocenters. The van der Waals surface area contributed by atoms with E-state index in [0.29, 0.717) is 22.6 Å². The lowest BCUT2D eigenvalue weighted by Gasteiger charge is -2.11. The third-order valence-electron chi connectivity index (χ3n) is 3.18. The molecule has 1 amide bonds. The number of carbonyl (C=O) groups is 1. The Morgan fingerprint density at radius 1 is 1.29 bits per heavy atom. The lowest BCUT2D eigenvalue weighted by Crippen LogP contribution is -2.24. The largest absolute Gasteiger partial charge is 0.496 e. The average molecular weight is 288 g/mol. The number of anilines is 1. The lowest BCUT2D eigenvalue weighted by atomic mass is 10.1. The molecule has 0 spiro atoms. The standard InChI is InChI=1S/C16H17FN2O2/c1-10-7-12(17)3-5-14(10)16(20)19-9-11-8-13(18)4-6-15(11)21-2/h3-8H,9,18H2,1-2H3,(H,19,20). The van der Waals surface area contributed by atoms with Crippen molar-refractivity contribution in [3.63, 3.8) is 0 Å². The van der Waals surface area contributed by atoms with Crippen molar-refractivity contribution in [1.29, 1.82) is 0 Å². The first-order valence-electron chi connectivity index (χ1n) is 6.48. The number of nitrogens with two attached hydrogens (primary N) is 1. The van der Waals surface area contributed by atoms with Crippen LogP contribution in [0.25, 0.3) is 0 Å². The molecule has 0 fully saturated rings.